The van der Waals surface area contributed by atoms with Crippen molar-refractivity contribution in [2.45, 2.75) is 20.8 Å². The van der Waals surface area contributed by atoms with E-state index in [2.05, 4.69) is 6.58 Å². The molecule has 0 saturated carbocycles. The molecule has 2 N–H and O–H groups in total. The first kappa shape index (κ1) is 14.0. The molecule has 0 aliphatic rings. The van der Waals surface area contributed by atoms with E-state index in [-0.39, 0.29) is 11.3 Å². The monoisotopic (exact) mass is 184 g/mol. The first-order valence-corrected chi connectivity index (χ1v) is 4.05. The van der Waals surface area contributed by atoms with Crippen LogP contribution in [0.2, 0.25) is 0 Å². The Morgan fingerprint density at radius 2 is 1.77 bits per heavy atom. The van der Waals surface area contributed by atoms with E-state index in [1.54, 1.807) is 6.92 Å². The van der Waals surface area contributed by atoms with Gasteiger partial charge in [0.2, 0.25) is 0 Å². The van der Waals surface area contributed by atoms with Crippen molar-refractivity contribution in [1.29, 1.82) is 0 Å². The molecular weight excluding hydrogens is 168 g/mol. The molecule has 0 aromatic rings. The quantitative estimate of drug-likeness (QED) is 0.402. The van der Waals surface area contributed by atoms with Gasteiger partial charge in [-0.2, -0.15) is 0 Å². The van der Waals surface area contributed by atoms with Gasteiger partial charge < -0.3 is 10.2 Å². The zero-order valence-corrected chi connectivity index (χ0v) is 8.24. The third kappa shape index (κ3) is 5.73. The van der Waals surface area contributed by atoms with Gasteiger partial charge in [0, 0.05) is 0 Å². The highest BCUT2D eigenvalue weighted by molar-refractivity contribution is 5.91. The molecular formula is C10H16O3. The van der Waals surface area contributed by atoms with E-state index in [0.717, 1.165) is 0 Å². The summed E-state index contributed by atoms with van der Waals surface area (Å²) < 4.78 is 0. The van der Waals surface area contributed by atoms with E-state index in [9.17, 15) is 4.79 Å². The average molecular weight is 184 g/mol. The summed E-state index contributed by atoms with van der Waals surface area (Å²) in [6, 6.07) is 0. The summed E-state index contributed by atoms with van der Waals surface area (Å²) in [4.78, 5) is 10.4. The third-order valence-electron chi connectivity index (χ3n) is 1.06. The summed E-state index contributed by atoms with van der Waals surface area (Å²) in [7, 11) is 0. The Balaban J connectivity index is 0. The lowest BCUT2D eigenvalue weighted by Crippen LogP contribution is -2.02. The minimum absolute atomic E-state index is 0.150. The van der Waals surface area contributed by atoms with Gasteiger partial charge >= 0.3 is 5.97 Å². The Labute approximate surface area is 78.7 Å². The molecule has 0 saturated heterocycles. The molecule has 0 fully saturated rings. The maximum absolute atomic E-state index is 10.4. The van der Waals surface area contributed by atoms with Crippen molar-refractivity contribution < 1.29 is 15.0 Å². The second-order valence-electron chi connectivity index (χ2n) is 1.80. The van der Waals surface area contributed by atoms with Gasteiger partial charge in [-0.05, 0) is 19.1 Å². The number of aliphatic hydroxyl groups excluding tert-OH is 1. The normalized spacial score (nSPS) is 11.3. The second kappa shape index (κ2) is 8.59. The molecule has 0 spiro atoms. The van der Waals surface area contributed by atoms with Crippen LogP contribution in [-0.4, -0.2) is 16.2 Å². The van der Waals surface area contributed by atoms with E-state index >= 15 is 0 Å². The van der Waals surface area contributed by atoms with E-state index in [1.807, 2.05) is 13.8 Å². The standard InChI is InChI=1S/C8H10O3.C2H6/c1-3-5-6(8(10)11)7(9)4-2;1-2/h3-5,9H,1H2,2H3,(H,10,11);1-2H3/b6-5+,7-4+;. The van der Waals surface area contributed by atoms with Crippen LogP contribution in [0.5, 0.6) is 0 Å². The molecule has 3 heteroatoms. The van der Waals surface area contributed by atoms with Crippen molar-refractivity contribution in [2.24, 2.45) is 0 Å². The van der Waals surface area contributed by atoms with E-state index in [0.29, 0.717) is 0 Å². The molecule has 13 heavy (non-hydrogen) atoms. The average Bonchev–Trinajstić information content (AvgIpc) is 2.15. The van der Waals surface area contributed by atoms with Crippen LogP contribution in [0.4, 0.5) is 0 Å². The molecule has 0 bridgehead atoms. The van der Waals surface area contributed by atoms with Gasteiger partial charge in [-0.1, -0.05) is 26.5 Å². The van der Waals surface area contributed by atoms with Crippen LogP contribution >= 0.6 is 0 Å². The van der Waals surface area contributed by atoms with E-state index in [4.69, 9.17) is 10.2 Å². The molecule has 0 atom stereocenters. The number of carboxylic acids is 1. The number of allylic oxidation sites excluding steroid dienone is 3. The lowest BCUT2D eigenvalue weighted by atomic mass is 10.2. The van der Waals surface area contributed by atoms with Crippen molar-refractivity contribution in [3.63, 3.8) is 0 Å². The Morgan fingerprint density at radius 3 is 2.00 bits per heavy atom. The molecule has 0 aromatic carbocycles. The molecule has 0 radical (unpaired) electrons. The number of aliphatic hydroxyl groups is 1. The van der Waals surface area contributed by atoms with Crippen molar-refractivity contribution in [2.75, 3.05) is 0 Å². The van der Waals surface area contributed by atoms with Crippen molar-refractivity contribution in [1.82, 2.24) is 0 Å². The van der Waals surface area contributed by atoms with Gasteiger partial charge in [-0.15, -0.1) is 0 Å². The van der Waals surface area contributed by atoms with E-state index < -0.39 is 5.97 Å². The lowest BCUT2D eigenvalue weighted by molar-refractivity contribution is -0.132. The largest absolute Gasteiger partial charge is 0.507 e. The van der Waals surface area contributed by atoms with Crippen LogP contribution in [0.25, 0.3) is 0 Å². The lowest BCUT2D eigenvalue weighted by Gasteiger charge is -1.97. The molecule has 0 aromatic heterocycles. The first-order chi connectivity index (χ1) is 6.13. The van der Waals surface area contributed by atoms with Crippen LogP contribution in [0, 0.1) is 0 Å². The number of carboxylic acid groups (broad SMARTS) is 1. The maximum Gasteiger partial charge on any atom is 0.339 e. The second-order valence-corrected chi connectivity index (χ2v) is 1.80. The number of hydrogen-bond donors (Lipinski definition) is 2. The van der Waals surface area contributed by atoms with Gasteiger partial charge in [0.05, 0.1) is 0 Å². The number of carbonyl (C=O) groups is 1. The SMILES string of the molecule is C=C/C=C(C(=O)O)\C(O)=C/C.CC. The minimum atomic E-state index is -1.17. The number of aliphatic carboxylic acids is 1. The summed E-state index contributed by atoms with van der Waals surface area (Å²) in [6.45, 7) is 8.87. The highest BCUT2D eigenvalue weighted by atomic mass is 16.4. The first-order valence-electron chi connectivity index (χ1n) is 4.05. The van der Waals surface area contributed by atoms with Gasteiger partial charge in [-0.25, -0.2) is 4.79 Å². The Morgan fingerprint density at radius 1 is 1.31 bits per heavy atom. The van der Waals surface area contributed by atoms with Crippen LogP contribution in [0.3, 0.4) is 0 Å². The van der Waals surface area contributed by atoms with Gasteiger partial charge in [0.25, 0.3) is 0 Å². The summed E-state index contributed by atoms with van der Waals surface area (Å²) in [5.41, 5.74) is -0.150. The predicted octanol–water partition coefficient (Wildman–Crippen LogP) is 2.67. The molecule has 0 amide bonds. The summed E-state index contributed by atoms with van der Waals surface area (Å²) >= 11 is 0. The van der Waals surface area contributed by atoms with Crippen molar-refractivity contribution in [3.8, 4) is 0 Å². The summed E-state index contributed by atoms with van der Waals surface area (Å²) in [5, 5.41) is 17.5. The van der Waals surface area contributed by atoms with Crippen LogP contribution in [-0.2, 0) is 4.79 Å². The molecule has 74 valence electrons. The molecule has 3 nitrogen and oxygen atoms in total. The van der Waals surface area contributed by atoms with E-state index in [1.165, 1.54) is 18.2 Å². The summed E-state index contributed by atoms with van der Waals surface area (Å²) in [6.07, 6.45) is 3.85. The molecule has 0 unspecified atom stereocenters. The topological polar surface area (TPSA) is 57.5 Å². The molecule has 0 heterocycles. The predicted molar refractivity (Wildman–Crippen MR) is 53.6 cm³/mol. The molecule has 0 rings (SSSR count). The van der Waals surface area contributed by atoms with Crippen LogP contribution in [0.1, 0.15) is 20.8 Å². The Hall–Kier alpha value is -1.51. The highest BCUT2D eigenvalue weighted by Gasteiger charge is 2.09. The van der Waals surface area contributed by atoms with Crippen LogP contribution < -0.4 is 0 Å². The number of rotatable bonds is 3. The van der Waals surface area contributed by atoms with Crippen molar-refractivity contribution >= 4 is 5.97 Å². The summed E-state index contributed by atoms with van der Waals surface area (Å²) in [5.74, 6) is -1.42. The maximum atomic E-state index is 10.4. The smallest absolute Gasteiger partial charge is 0.339 e. The fourth-order valence-electron chi connectivity index (χ4n) is 0.540. The van der Waals surface area contributed by atoms with Crippen LogP contribution in [0.15, 0.2) is 36.1 Å². The zero-order valence-electron chi connectivity index (χ0n) is 8.24. The van der Waals surface area contributed by atoms with Gasteiger partial charge in [0.1, 0.15) is 11.3 Å². The highest BCUT2D eigenvalue weighted by Crippen LogP contribution is 2.05. The Kier molecular flexibility index (Phi) is 9.27. The Bertz CT molecular complexity index is 224. The van der Waals surface area contributed by atoms with Gasteiger partial charge in [0.15, 0.2) is 0 Å². The molecule has 0 aliphatic carbocycles. The number of hydrogen-bond acceptors (Lipinski definition) is 2. The van der Waals surface area contributed by atoms with Gasteiger partial charge in [-0.3, -0.25) is 0 Å². The molecule has 0 aliphatic heterocycles. The van der Waals surface area contributed by atoms with Crippen molar-refractivity contribution in [3.05, 3.63) is 36.1 Å². The fourth-order valence-corrected chi connectivity index (χ4v) is 0.540. The minimum Gasteiger partial charge on any atom is -0.507 e. The fraction of sp³-hybridized carbons (Fsp3) is 0.300. The third-order valence-corrected chi connectivity index (χ3v) is 1.06. The zero-order chi connectivity index (χ0) is 10.9.